The van der Waals surface area contributed by atoms with Crippen molar-refractivity contribution in [2.24, 2.45) is 5.73 Å². The highest BCUT2D eigenvalue weighted by Gasteiger charge is 2.08. The van der Waals surface area contributed by atoms with Crippen LogP contribution in [0.4, 0.5) is 0 Å². The molecule has 0 atom stereocenters. The van der Waals surface area contributed by atoms with Gasteiger partial charge >= 0.3 is 0 Å². The number of benzene rings is 1. The highest BCUT2D eigenvalue weighted by atomic mass is 35.5. The summed E-state index contributed by atoms with van der Waals surface area (Å²) < 4.78 is 0. The molecule has 1 amide bonds. The number of hydrogen-bond acceptors (Lipinski definition) is 4. The summed E-state index contributed by atoms with van der Waals surface area (Å²) in [7, 11) is 0. The van der Waals surface area contributed by atoms with Crippen LogP contribution < -0.4 is 11.1 Å². The van der Waals surface area contributed by atoms with Crippen LogP contribution in [-0.4, -0.2) is 24.0 Å². The summed E-state index contributed by atoms with van der Waals surface area (Å²) in [5.74, 6) is -0.000424. The number of nitrogens with two attached hydrogens (primary N) is 1. The van der Waals surface area contributed by atoms with Gasteiger partial charge in [0.1, 0.15) is 5.01 Å². The number of carbonyl (C=O) groups is 1. The van der Waals surface area contributed by atoms with E-state index in [9.17, 15) is 4.79 Å². The second-order valence-corrected chi connectivity index (χ2v) is 5.54. The van der Waals surface area contributed by atoms with Crippen molar-refractivity contribution in [3.8, 4) is 10.6 Å². The Labute approximate surface area is 147 Å². The first-order chi connectivity index (χ1) is 9.69. The Balaban J connectivity index is 0.00000220. The van der Waals surface area contributed by atoms with Crippen molar-refractivity contribution < 1.29 is 4.79 Å². The standard InChI is InChI=1S/C15H19N3OS.2ClH/c1-11-4-2-5-12(8-11)15-18-13(10-20-15)9-14(19)17-7-3-6-16;;/h2,4-5,8,10H,3,6-7,9,16H2,1H3,(H,17,19);2*1H. The van der Waals surface area contributed by atoms with E-state index in [0.717, 1.165) is 22.7 Å². The Morgan fingerprint density at radius 2 is 2.14 bits per heavy atom. The second-order valence-electron chi connectivity index (χ2n) is 4.68. The first-order valence-corrected chi connectivity index (χ1v) is 7.55. The van der Waals surface area contributed by atoms with Crippen molar-refractivity contribution in [3.05, 3.63) is 40.9 Å². The van der Waals surface area contributed by atoms with Crippen molar-refractivity contribution in [2.45, 2.75) is 19.8 Å². The molecule has 1 aromatic heterocycles. The summed E-state index contributed by atoms with van der Waals surface area (Å²) in [6.45, 7) is 3.28. The third kappa shape index (κ3) is 6.32. The maximum absolute atomic E-state index is 11.7. The molecule has 0 spiro atoms. The minimum absolute atomic E-state index is 0. The Morgan fingerprint density at radius 3 is 2.82 bits per heavy atom. The smallest absolute Gasteiger partial charge is 0.226 e. The lowest BCUT2D eigenvalue weighted by Crippen LogP contribution is -2.27. The van der Waals surface area contributed by atoms with Gasteiger partial charge in [-0.2, -0.15) is 0 Å². The summed E-state index contributed by atoms with van der Waals surface area (Å²) in [4.78, 5) is 16.2. The van der Waals surface area contributed by atoms with Gasteiger partial charge in [-0.25, -0.2) is 4.98 Å². The van der Waals surface area contributed by atoms with Crippen molar-refractivity contribution in [3.63, 3.8) is 0 Å². The topological polar surface area (TPSA) is 68.0 Å². The van der Waals surface area contributed by atoms with Gasteiger partial charge in [0.15, 0.2) is 0 Å². The van der Waals surface area contributed by atoms with E-state index in [2.05, 4.69) is 29.4 Å². The van der Waals surface area contributed by atoms with Crippen molar-refractivity contribution in [1.29, 1.82) is 0 Å². The number of thiazole rings is 1. The lowest BCUT2D eigenvalue weighted by molar-refractivity contribution is -0.120. The molecular weight excluding hydrogens is 341 g/mol. The molecule has 0 saturated heterocycles. The second kappa shape index (κ2) is 10.6. The van der Waals surface area contributed by atoms with Gasteiger partial charge in [-0.15, -0.1) is 36.2 Å². The van der Waals surface area contributed by atoms with Crippen LogP contribution in [0.5, 0.6) is 0 Å². The number of rotatable bonds is 6. The summed E-state index contributed by atoms with van der Waals surface area (Å²) in [5.41, 5.74) is 8.51. The fourth-order valence-corrected chi connectivity index (χ4v) is 2.67. The van der Waals surface area contributed by atoms with Crippen LogP contribution in [-0.2, 0) is 11.2 Å². The normalized spacial score (nSPS) is 9.55. The number of aryl methyl sites for hydroxylation is 1. The number of nitrogens with zero attached hydrogens (tertiary/aromatic N) is 1. The summed E-state index contributed by atoms with van der Waals surface area (Å²) >= 11 is 1.57. The highest BCUT2D eigenvalue weighted by molar-refractivity contribution is 7.13. The zero-order chi connectivity index (χ0) is 14.4. The van der Waals surface area contributed by atoms with Gasteiger partial charge in [0.05, 0.1) is 12.1 Å². The van der Waals surface area contributed by atoms with E-state index in [1.54, 1.807) is 11.3 Å². The van der Waals surface area contributed by atoms with Crippen LogP contribution >= 0.6 is 36.2 Å². The lowest BCUT2D eigenvalue weighted by atomic mass is 10.1. The number of carbonyl (C=O) groups excluding carboxylic acids is 1. The minimum Gasteiger partial charge on any atom is -0.356 e. The number of halogens is 2. The number of amides is 1. The Hall–Kier alpha value is -1.14. The van der Waals surface area contributed by atoms with Crippen LogP contribution in [0.1, 0.15) is 17.7 Å². The number of hydrogen-bond donors (Lipinski definition) is 2. The van der Waals surface area contributed by atoms with E-state index in [4.69, 9.17) is 5.73 Å². The van der Waals surface area contributed by atoms with Crippen LogP contribution in [0.3, 0.4) is 0 Å². The molecule has 1 heterocycles. The molecule has 0 aliphatic heterocycles. The molecule has 0 saturated carbocycles. The first kappa shape index (κ1) is 20.9. The Bertz CT molecular complexity index is 590. The third-order valence-corrected chi connectivity index (χ3v) is 3.80. The summed E-state index contributed by atoms with van der Waals surface area (Å²) in [6.07, 6.45) is 1.13. The molecule has 122 valence electrons. The zero-order valence-corrected chi connectivity index (χ0v) is 14.8. The fraction of sp³-hybridized carbons (Fsp3) is 0.333. The summed E-state index contributed by atoms with van der Waals surface area (Å²) in [5, 5.41) is 5.74. The molecule has 0 fully saturated rings. The molecule has 0 aliphatic rings. The fourth-order valence-electron chi connectivity index (χ4n) is 1.86. The third-order valence-electron chi connectivity index (χ3n) is 2.86. The van der Waals surface area contributed by atoms with Gasteiger partial charge in [-0.05, 0) is 26.0 Å². The average molecular weight is 362 g/mol. The molecule has 7 heteroatoms. The number of nitrogens with one attached hydrogen (secondary N) is 1. The van der Waals surface area contributed by atoms with E-state index in [1.807, 2.05) is 17.5 Å². The zero-order valence-electron chi connectivity index (χ0n) is 12.4. The van der Waals surface area contributed by atoms with Crippen molar-refractivity contribution in [2.75, 3.05) is 13.1 Å². The highest BCUT2D eigenvalue weighted by Crippen LogP contribution is 2.24. The predicted octanol–water partition coefficient (Wildman–Crippen LogP) is 2.97. The molecule has 3 N–H and O–H groups in total. The van der Waals surface area contributed by atoms with Gasteiger partial charge in [0.25, 0.3) is 0 Å². The van der Waals surface area contributed by atoms with Gasteiger partial charge in [0.2, 0.25) is 5.91 Å². The van der Waals surface area contributed by atoms with Crippen LogP contribution in [0, 0.1) is 6.92 Å². The largest absolute Gasteiger partial charge is 0.356 e. The first-order valence-electron chi connectivity index (χ1n) is 6.67. The number of aromatic nitrogens is 1. The molecule has 0 radical (unpaired) electrons. The quantitative estimate of drug-likeness (QED) is 0.777. The van der Waals surface area contributed by atoms with Gasteiger partial charge < -0.3 is 11.1 Å². The minimum atomic E-state index is -0.000424. The SMILES string of the molecule is Cc1cccc(-c2nc(CC(=O)NCCCN)cs2)c1.Cl.Cl. The van der Waals surface area contributed by atoms with E-state index in [1.165, 1.54) is 5.56 Å². The average Bonchev–Trinajstić information content (AvgIpc) is 2.87. The molecule has 4 nitrogen and oxygen atoms in total. The molecular formula is C15H21Cl2N3OS. The monoisotopic (exact) mass is 361 g/mol. The molecule has 2 rings (SSSR count). The van der Waals surface area contributed by atoms with E-state index in [-0.39, 0.29) is 30.7 Å². The molecule has 2 aromatic rings. The van der Waals surface area contributed by atoms with Gasteiger partial charge in [0, 0.05) is 17.5 Å². The summed E-state index contributed by atoms with van der Waals surface area (Å²) in [6, 6.07) is 8.22. The van der Waals surface area contributed by atoms with Crippen molar-refractivity contribution >= 4 is 42.1 Å². The van der Waals surface area contributed by atoms with E-state index in [0.29, 0.717) is 19.5 Å². The van der Waals surface area contributed by atoms with Crippen LogP contribution in [0.25, 0.3) is 10.6 Å². The Kier molecular flexibility index (Phi) is 10.0. The molecule has 0 unspecified atom stereocenters. The van der Waals surface area contributed by atoms with Gasteiger partial charge in [-0.1, -0.05) is 23.8 Å². The Morgan fingerprint density at radius 1 is 1.36 bits per heavy atom. The predicted molar refractivity (Wildman–Crippen MR) is 97.2 cm³/mol. The van der Waals surface area contributed by atoms with E-state index < -0.39 is 0 Å². The van der Waals surface area contributed by atoms with Crippen LogP contribution in [0.2, 0.25) is 0 Å². The van der Waals surface area contributed by atoms with Gasteiger partial charge in [-0.3, -0.25) is 4.79 Å². The molecule has 22 heavy (non-hydrogen) atoms. The molecule has 0 bridgehead atoms. The van der Waals surface area contributed by atoms with Crippen molar-refractivity contribution in [1.82, 2.24) is 10.3 Å². The maximum Gasteiger partial charge on any atom is 0.226 e. The van der Waals surface area contributed by atoms with E-state index >= 15 is 0 Å². The maximum atomic E-state index is 11.7. The molecule has 1 aromatic carbocycles. The lowest BCUT2D eigenvalue weighted by Gasteiger charge is -2.02. The molecule has 0 aliphatic carbocycles. The van der Waals surface area contributed by atoms with Crippen LogP contribution in [0.15, 0.2) is 29.6 Å².